The van der Waals surface area contributed by atoms with E-state index in [0.29, 0.717) is 11.3 Å². The monoisotopic (exact) mass is 289 g/mol. The number of thioether (sulfide) groups is 1. The number of hydrogen-bond acceptors (Lipinski definition) is 4. The zero-order valence-electron chi connectivity index (χ0n) is 11.8. The van der Waals surface area contributed by atoms with Crippen molar-refractivity contribution in [2.24, 2.45) is 5.73 Å². The van der Waals surface area contributed by atoms with Crippen LogP contribution >= 0.6 is 11.8 Å². The first kappa shape index (κ1) is 14.9. The van der Waals surface area contributed by atoms with Crippen LogP contribution in [0.5, 0.6) is 0 Å². The van der Waals surface area contributed by atoms with E-state index in [0.717, 1.165) is 18.8 Å². The number of hydrogen-bond donors (Lipinski definition) is 1. The summed E-state index contributed by atoms with van der Waals surface area (Å²) in [6.45, 7) is 6.08. The Morgan fingerprint density at radius 3 is 3.10 bits per heavy atom. The lowest BCUT2D eigenvalue weighted by molar-refractivity contribution is 0.0742. The Morgan fingerprint density at radius 2 is 2.40 bits per heavy atom. The van der Waals surface area contributed by atoms with E-state index in [-0.39, 0.29) is 17.2 Å². The third-order valence-corrected chi connectivity index (χ3v) is 4.35. The Balaban J connectivity index is 2.25. The predicted molar refractivity (Wildman–Crippen MR) is 82.6 cm³/mol. The highest BCUT2D eigenvalue weighted by Gasteiger charge is 2.31. The minimum atomic E-state index is -0.0414. The number of nitrogens with two attached hydrogens (primary N) is 1. The molecule has 1 aromatic rings. The summed E-state index contributed by atoms with van der Waals surface area (Å²) in [6.07, 6.45) is 1.63. The largest absolute Gasteiger partial charge is 0.335 e. The second-order valence-electron chi connectivity index (χ2n) is 5.24. The van der Waals surface area contributed by atoms with E-state index in [9.17, 15) is 4.79 Å². The van der Waals surface area contributed by atoms with E-state index in [1.165, 1.54) is 0 Å². The summed E-state index contributed by atoms with van der Waals surface area (Å²) in [7, 11) is 0. The second kappa shape index (κ2) is 6.29. The highest BCUT2D eigenvalue weighted by molar-refractivity contribution is 8.00. The first-order valence-electron chi connectivity index (χ1n) is 6.61. The van der Waals surface area contributed by atoms with Gasteiger partial charge in [-0.25, -0.2) is 4.98 Å². The Hall–Kier alpha value is -1.51. The summed E-state index contributed by atoms with van der Waals surface area (Å²) in [4.78, 5) is 18.7. The van der Waals surface area contributed by atoms with Crippen LogP contribution in [0, 0.1) is 11.8 Å². The van der Waals surface area contributed by atoms with Gasteiger partial charge in [-0.3, -0.25) is 4.79 Å². The average molecular weight is 289 g/mol. The maximum atomic E-state index is 12.6. The van der Waals surface area contributed by atoms with Gasteiger partial charge in [-0.05, 0) is 26.0 Å². The molecule has 2 N–H and O–H groups in total. The fourth-order valence-electron chi connectivity index (χ4n) is 2.16. The molecule has 0 unspecified atom stereocenters. The van der Waals surface area contributed by atoms with Crippen molar-refractivity contribution in [1.29, 1.82) is 0 Å². The summed E-state index contributed by atoms with van der Waals surface area (Å²) in [6, 6.07) is 3.60. The predicted octanol–water partition coefficient (Wildman–Crippen LogP) is 1.36. The second-order valence-corrected chi connectivity index (χ2v) is 7.04. The van der Waals surface area contributed by atoms with E-state index in [1.807, 2.05) is 22.7 Å². The van der Waals surface area contributed by atoms with Crippen molar-refractivity contribution in [3.8, 4) is 11.8 Å². The Kier molecular flexibility index (Phi) is 4.69. The summed E-state index contributed by atoms with van der Waals surface area (Å²) >= 11 is 1.90. The van der Waals surface area contributed by atoms with Crippen molar-refractivity contribution < 1.29 is 4.79 Å². The number of nitrogens with zero attached hydrogens (tertiary/aromatic N) is 2. The highest BCUT2D eigenvalue weighted by Crippen LogP contribution is 2.30. The highest BCUT2D eigenvalue weighted by atomic mass is 32.2. The normalized spacial score (nSPS) is 17.2. The van der Waals surface area contributed by atoms with Crippen LogP contribution in [-0.2, 0) is 0 Å². The molecule has 20 heavy (non-hydrogen) atoms. The van der Waals surface area contributed by atoms with E-state index >= 15 is 0 Å². The fraction of sp³-hybridized carbons (Fsp3) is 0.467. The molecule has 1 saturated heterocycles. The standard InChI is InChI=1S/C15H19N3OS/c1-15(2)11-18(9-10-20-15)14(19)13-12(5-3-7-16)6-4-8-17-13/h4,6,8H,7,9-11,16H2,1-2H3. The van der Waals surface area contributed by atoms with Gasteiger partial charge in [0, 0.05) is 29.8 Å². The molecule has 2 heterocycles. The van der Waals surface area contributed by atoms with Crippen LogP contribution in [0.15, 0.2) is 18.3 Å². The molecular weight excluding hydrogens is 270 g/mol. The molecule has 0 aromatic carbocycles. The maximum Gasteiger partial charge on any atom is 0.273 e. The van der Waals surface area contributed by atoms with Crippen LogP contribution in [0.2, 0.25) is 0 Å². The number of carbonyl (C=O) groups excluding carboxylic acids is 1. The lowest BCUT2D eigenvalue weighted by atomic mass is 10.1. The Labute approximate surface area is 124 Å². The molecule has 5 heteroatoms. The van der Waals surface area contributed by atoms with E-state index < -0.39 is 0 Å². The molecule has 0 radical (unpaired) electrons. The van der Waals surface area contributed by atoms with Crippen molar-refractivity contribution in [3.63, 3.8) is 0 Å². The maximum absolute atomic E-state index is 12.6. The molecule has 1 amide bonds. The third-order valence-electron chi connectivity index (χ3n) is 3.05. The van der Waals surface area contributed by atoms with Crippen LogP contribution in [0.1, 0.15) is 29.9 Å². The molecule has 0 saturated carbocycles. The van der Waals surface area contributed by atoms with Crippen LogP contribution in [0.4, 0.5) is 0 Å². The minimum Gasteiger partial charge on any atom is -0.335 e. The number of aromatic nitrogens is 1. The van der Waals surface area contributed by atoms with Gasteiger partial charge in [0.2, 0.25) is 0 Å². The van der Waals surface area contributed by atoms with Crippen molar-refractivity contribution in [2.45, 2.75) is 18.6 Å². The van der Waals surface area contributed by atoms with Crippen LogP contribution in [-0.4, -0.2) is 45.9 Å². The zero-order valence-corrected chi connectivity index (χ0v) is 12.7. The minimum absolute atomic E-state index is 0.0414. The molecule has 1 aromatic heterocycles. The van der Waals surface area contributed by atoms with Gasteiger partial charge < -0.3 is 10.6 Å². The third kappa shape index (κ3) is 3.53. The van der Waals surface area contributed by atoms with Gasteiger partial charge in [0.1, 0.15) is 5.69 Å². The zero-order chi connectivity index (χ0) is 14.6. The lowest BCUT2D eigenvalue weighted by Crippen LogP contribution is -2.46. The van der Waals surface area contributed by atoms with E-state index in [4.69, 9.17) is 5.73 Å². The average Bonchev–Trinajstić information content (AvgIpc) is 2.43. The van der Waals surface area contributed by atoms with Gasteiger partial charge in [-0.15, -0.1) is 0 Å². The van der Waals surface area contributed by atoms with Crippen molar-refractivity contribution in [2.75, 3.05) is 25.4 Å². The molecule has 1 fully saturated rings. The molecule has 2 rings (SSSR count). The van der Waals surface area contributed by atoms with Crippen molar-refractivity contribution in [3.05, 3.63) is 29.6 Å². The summed E-state index contributed by atoms with van der Waals surface area (Å²) in [5.41, 5.74) is 6.47. The first-order chi connectivity index (χ1) is 9.53. The van der Waals surface area contributed by atoms with Crippen molar-refractivity contribution in [1.82, 2.24) is 9.88 Å². The topological polar surface area (TPSA) is 59.2 Å². The number of rotatable bonds is 1. The van der Waals surface area contributed by atoms with Crippen molar-refractivity contribution >= 4 is 17.7 Å². The quantitative estimate of drug-likeness (QED) is 0.793. The van der Waals surface area contributed by atoms with Crippen LogP contribution in [0.25, 0.3) is 0 Å². The van der Waals surface area contributed by atoms with Gasteiger partial charge in [0.15, 0.2) is 0 Å². The molecule has 0 spiro atoms. The van der Waals surface area contributed by atoms with E-state index in [1.54, 1.807) is 12.3 Å². The number of carbonyl (C=O) groups is 1. The molecule has 1 aliphatic rings. The smallest absolute Gasteiger partial charge is 0.273 e. The number of pyridine rings is 1. The summed E-state index contributed by atoms with van der Waals surface area (Å²) in [5.74, 6) is 6.62. The van der Waals surface area contributed by atoms with Gasteiger partial charge in [0.05, 0.1) is 12.1 Å². The molecule has 0 atom stereocenters. The number of amides is 1. The van der Waals surface area contributed by atoms with Crippen LogP contribution < -0.4 is 5.73 Å². The summed E-state index contributed by atoms with van der Waals surface area (Å²) < 4.78 is 0.0891. The Bertz CT molecular complexity index is 560. The van der Waals surface area contributed by atoms with Gasteiger partial charge in [-0.1, -0.05) is 11.8 Å². The summed E-state index contributed by atoms with van der Waals surface area (Å²) in [5, 5.41) is 0. The molecule has 4 nitrogen and oxygen atoms in total. The van der Waals surface area contributed by atoms with Crippen LogP contribution in [0.3, 0.4) is 0 Å². The van der Waals surface area contributed by atoms with E-state index in [2.05, 4.69) is 30.7 Å². The molecule has 1 aliphatic heterocycles. The molecule has 0 aliphatic carbocycles. The van der Waals surface area contributed by atoms with Gasteiger partial charge >= 0.3 is 0 Å². The first-order valence-corrected chi connectivity index (χ1v) is 7.59. The molecular formula is C15H19N3OS. The molecule has 106 valence electrons. The van der Waals surface area contributed by atoms with Gasteiger partial charge in [-0.2, -0.15) is 11.8 Å². The fourth-order valence-corrected chi connectivity index (χ4v) is 3.27. The SMILES string of the molecule is CC1(C)CN(C(=O)c2ncccc2C#CCN)CCS1. The Morgan fingerprint density at radius 1 is 1.60 bits per heavy atom. The lowest BCUT2D eigenvalue weighted by Gasteiger charge is -2.37. The molecule has 0 bridgehead atoms. The van der Waals surface area contributed by atoms with Gasteiger partial charge in [0.25, 0.3) is 5.91 Å².